The van der Waals surface area contributed by atoms with Crippen LogP contribution in [0.25, 0.3) is 0 Å². The number of sulfonamides is 1. The van der Waals surface area contributed by atoms with Gasteiger partial charge in [0.15, 0.2) is 6.61 Å². The SMILES string of the molecule is O=C(Nc1ccc(OCC(F)(F)F)nc1)C1CCCN(S(=O)(=O)c2ccc(F)cc2)C1. The van der Waals surface area contributed by atoms with Gasteiger partial charge >= 0.3 is 6.18 Å². The fraction of sp³-hybridized carbons (Fsp3) is 0.368. The van der Waals surface area contributed by atoms with Gasteiger partial charge in [-0.3, -0.25) is 4.79 Å². The van der Waals surface area contributed by atoms with Crippen LogP contribution in [0.2, 0.25) is 0 Å². The van der Waals surface area contributed by atoms with Gasteiger partial charge in [-0.1, -0.05) is 0 Å². The molecule has 1 aromatic heterocycles. The molecule has 1 aliphatic rings. The zero-order chi connectivity index (χ0) is 22.6. The molecule has 1 fully saturated rings. The molecule has 1 saturated heterocycles. The maximum Gasteiger partial charge on any atom is 0.422 e. The molecule has 2 heterocycles. The lowest BCUT2D eigenvalue weighted by molar-refractivity contribution is -0.154. The first-order chi connectivity index (χ1) is 14.5. The monoisotopic (exact) mass is 461 g/mol. The topological polar surface area (TPSA) is 88.6 Å². The predicted octanol–water partition coefficient (Wildman–Crippen LogP) is 3.20. The first-order valence-corrected chi connectivity index (χ1v) is 10.7. The number of halogens is 4. The van der Waals surface area contributed by atoms with Gasteiger partial charge in [0, 0.05) is 19.2 Å². The highest BCUT2D eigenvalue weighted by molar-refractivity contribution is 7.89. The van der Waals surface area contributed by atoms with Crippen LogP contribution in [0.5, 0.6) is 5.88 Å². The number of piperidine rings is 1. The molecule has 0 radical (unpaired) electrons. The first-order valence-electron chi connectivity index (χ1n) is 9.27. The summed E-state index contributed by atoms with van der Waals surface area (Å²) in [6, 6.07) is 6.97. The highest BCUT2D eigenvalue weighted by Crippen LogP contribution is 2.25. The van der Waals surface area contributed by atoms with E-state index in [4.69, 9.17) is 0 Å². The molecule has 0 spiro atoms. The lowest BCUT2D eigenvalue weighted by atomic mass is 9.99. The van der Waals surface area contributed by atoms with Crippen molar-refractivity contribution in [3.8, 4) is 5.88 Å². The van der Waals surface area contributed by atoms with Crippen LogP contribution in [0, 0.1) is 11.7 Å². The lowest BCUT2D eigenvalue weighted by Crippen LogP contribution is -2.43. The van der Waals surface area contributed by atoms with Crippen LogP contribution < -0.4 is 10.1 Å². The van der Waals surface area contributed by atoms with E-state index in [-0.39, 0.29) is 29.6 Å². The minimum absolute atomic E-state index is 0.0499. The molecule has 1 N–H and O–H groups in total. The van der Waals surface area contributed by atoms with Crippen molar-refractivity contribution in [2.24, 2.45) is 5.92 Å². The zero-order valence-corrected chi connectivity index (χ0v) is 16.9. The third-order valence-corrected chi connectivity index (χ3v) is 6.47. The Balaban J connectivity index is 1.61. The molecule has 1 aliphatic heterocycles. The molecular weight excluding hydrogens is 442 g/mol. The van der Waals surface area contributed by atoms with E-state index in [0.29, 0.717) is 12.8 Å². The summed E-state index contributed by atoms with van der Waals surface area (Å²) in [5, 5.41) is 2.58. The van der Waals surface area contributed by atoms with Crippen LogP contribution in [-0.4, -0.2) is 49.5 Å². The van der Waals surface area contributed by atoms with Gasteiger partial charge in [0.1, 0.15) is 5.82 Å². The average molecular weight is 461 g/mol. The van der Waals surface area contributed by atoms with Crippen LogP contribution >= 0.6 is 0 Å². The number of alkyl halides is 3. The molecule has 168 valence electrons. The van der Waals surface area contributed by atoms with E-state index in [2.05, 4.69) is 15.0 Å². The van der Waals surface area contributed by atoms with Gasteiger partial charge in [0.05, 0.1) is 22.7 Å². The quantitative estimate of drug-likeness (QED) is 0.668. The van der Waals surface area contributed by atoms with Gasteiger partial charge in [-0.2, -0.15) is 17.5 Å². The van der Waals surface area contributed by atoms with Crippen molar-refractivity contribution in [3.63, 3.8) is 0 Å². The molecule has 0 aliphatic carbocycles. The number of pyridine rings is 1. The van der Waals surface area contributed by atoms with E-state index >= 15 is 0 Å². The van der Waals surface area contributed by atoms with Gasteiger partial charge < -0.3 is 10.1 Å². The Labute approximate surface area is 176 Å². The zero-order valence-electron chi connectivity index (χ0n) is 16.1. The van der Waals surface area contributed by atoms with Crippen molar-refractivity contribution in [3.05, 3.63) is 48.4 Å². The van der Waals surface area contributed by atoms with E-state index in [0.717, 1.165) is 18.3 Å². The molecule has 3 rings (SSSR count). The first kappa shape index (κ1) is 22.9. The smallest absolute Gasteiger partial charge is 0.422 e. The molecule has 31 heavy (non-hydrogen) atoms. The van der Waals surface area contributed by atoms with Gasteiger partial charge in [-0.25, -0.2) is 17.8 Å². The average Bonchev–Trinajstić information content (AvgIpc) is 2.73. The Morgan fingerprint density at radius 1 is 1.19 bits per heavy atom. The second-order valence-electron chi connectivity index (χ2n) is 6.93. The maximum atomic E-state index is 13.1. The number of anilines is 1. The minimum Gasteiger partial charge on any atom is -0.468 e. The third kappa shape index (κ3) is 6.14. The second-order valence-corrected chi connectivity index (χ2v) is 8.87. The summed E-state index contributed by atoms with van der Waals surface area (Å²) in [4.78, 5) is 16.2. The predicted molar refractivity (Wildman–Crippen MR) is 102 cm³/mol. The standard InChI is InChI=1S/C19H19F4N3O4S/c20-14-3-6-16(7-4-14)31(28,29)26-9-1-2-13(11-26)18(27)25-15-5-8-17(24-10-15)30-12-19(21,22)23/h3-8,10,13H,1-2,9,11-12H2,(H,25,27). The fourth-order valence-electron chi connectivity index (χ4n) is 3.07. The van der Waals surface area contributed by atoms with Crippen molar-refractivity contribution in [1.29, 1.82) is 0 Å². The summed E-state index contributed by atoms with van der Waals surface area (Å²) < 4.78 is 80.8. The maximum absolute atomic E-state index is 13.1. The number of nitrogens with zero attached hydrogens (tertiary/aromatic N) is 2. The second kappa shape index (κ2) is 9.18. The van der Waals surface area contributed by atoms with Crippen LogP contribution in [0.4, 0.5) is 23.2 Å². The van der Waals surface area contributed by atoms with Crippen LogP contribution in [0.1, 0.15) is 12.8 Å². The Morgan fingerprint density at radius 2 is 1.90 bits per heavy atom. The van der Waals surface area contributed by atoms with E-state index < -0.39 is 40.4 Å². The number of carbonyl (C=O) groups is 1. The van der Waals surface area contributed by atoms with Crippen LogP contribution in [0.3, 0.4) is 0 Å². The number of rotatable bonds is 6. The van der Waals surface area contributed by atoms with Crippen LogP contribution in [-0.2, 0) is 14.8 Å². The number of ether oxygens (including phenoxy) is 1. The molecular formula is C19H19F4N3O4S. The molecule has 7 nitrogen and oxygen atoms in total. The number of hydrogen-bond acceptors (Lipinski definition) is 5. The van der Waals surface area contributed by atoms with Gasteiger partial charge in [-0.15, -0.1) is 0 Å². The van der Waals surface area contributed by atoms with Crippen molar-refractivity contribution >= 4 is 21.6 Å². The molecule has 12 heteroatoms. The van der Waals surface area contributed by atoms with E-state index in [1.807, 2.05) is 0 Å². The molecule has 1 amide bonds. The normalized spacial score (nSPS) is 17.9. The number of nitrogens with one attached hydrogen (secondary N) is 1. The summed E-state index contributed by atoms with van der Waals surface area (Å²) in [6.07, 6.45) is -2.42. The third-order valence-electron chi connectivity index (χ3n) is 4.59. The molecule has 1 atom stereocenters. The van der Waals surface area contributed by atoms with Crippen molar-refractivity contribution in [2.75, 3.05) is 25.0 Å². The highest BCUT2D eigenvalue weighted by Gasteiger charge is 2.33. The van der Waals surface area contributed by atoms with E-state index in [9.17, 15) is 30.8 Å². The van der Waals surface area contributed by atoms with Crippen LogP contribution in [0.15, 0.2) is 47.5 Å². The summed E-state index contributed by atoms with van der Waals surface area (Å²) in [5.41, 5.74) is 0.239. The van der Waals surface area contributed by atoms with E-state index in [1.54, 1.807) is 0 Å². The number of aromatic nitrogens is 1. The summed E-state index contributed by atoms with van der Waals surface area (Å²) in [5.74, 6) is -1.88. The number of carbonyl (C=O) groups excluding carboxylic acids is 1. The number of amides is 1. The van der Waals surface area contributed by atoms with Crippen molar-refractivity contribution < 1.29 is 35.5 Å². The largest absolute Gasteiger partial charge is 0.468 e. The number of hydrogen-bond donors (Lipinski definition) is 1. The van der Waals surface area contributed by atoms with Crippen molar-refractivity contribution in [2.45, 2.75) is 23.9 Å². The molecule has 1 unspecified atom stereocenters. The lowest BCUT2D eigenvalue weighted by Gasteiger charge is -2.31. The number of benzene rings is 1. The van der Waals surface area contributed by atoms with E-state index in [1.165, 1.54) is 28.6 Å². The molecule has 1 aromatic carbocycles. The summed E-state index contributed by atoms with van der Waals surface area (Å²) >= 11 is 0. The summed E-state index contributed by atoms with van der Waals surface area (Å²) in [6.45, 7) is -1.30. The van der Waals surface area contributed by atoms with Gasteiger partial charge in [-0.05, 0) is 43.2 Å². The highest BCUT2D eigenvalue weighted by atomic mass is 32.2. The Kier molecular flexibility index (Phi) is 6.80. The van der Waals surface area contributed by atoms with Gasteiger partial charge in [0.2, 0.25) is 21.8 Å². The Hall–Kier alpha value is -2.73. The Bertz CT molecular complexity index is 1010. The molecule has 0 saturated carbocycles. The summed E-state index contributed by atoms with van der Waals surface area (Å²) in [7, 11) is -3.88. The molecule has 0 bridgehead atoms. The molecule has 2 aromatic rings. The minimum atomic E-state index is -4.49. The van der Waals surface area contributed by atoms with Crippen molar-refractivity contribution in [1.82, 2.24) is 9.29 Å². The van der Waals surface area contributed by atoms with Gasteiger partial charge in [0.25, 0.3) is 0 Å². The fourth-order valence-corrected chi connectivity index (χ4v) is 4.59. The Morgan fingerprint density at radius 3 is 2.52 bits per heavy atom.